The van der Waals surface area contributed by atoms with Gasteiger partial charge in [-0.3, -0.25) is 5.43 Å². The molecule has 0 spiro atoms. The molecule has 1 heterocycles. The normalized spacial score (nSPS) is 16.4. The van der Waals surface area contributed by atoms with E-state index in [0.717, 1.165) is 27.8 Å². The molecule has 0 saturated carbocycles. The second-order valence-corrected chi connectivity index (χ2v) is 9.09. The van der Waals surface area contributed by atoms with Gasteiger partial charge in [0.1, 0.15) is 0 Å². The predicted molar refractivity (Wildman–Crippen MR) is 147 cm³/mol. The van der Waals surface area contributed by atoms with Crippen LogP contribution in [0.5, 0.6) is 0 Å². The van der Waals surface area contributed by atoms with Gasteiger partial charge in [-0.1, -0.05) is 84.4 Å². The summed E-state index contributed by atoms with van der Waals surface area (Å²) < 4.78 is 10.3. The molecule has 1 aliphatic rings. The Bertz CT molecular complexity index is 1460. The summed E-state index contributed by atoms with van der Waals surface area (Å²) in [5.74, 6) is -0.140. The molecule has 4 aromatic rings. The quantitative estimate of drug-likeness (QED) is 0.245. The smallest absolute Gasteiger partial charge is 0.425 e. The summed E-state index contributed by atoms with van der Waals surface area (Å²) in [6.45, 7) is 2.00. The fourth-order valence-electron chi connectivity index (χ4n) is 4.37. The summed E-state index contributed by atoms with van der Waals surface area (Å²) in [6.07, 6.45) is -0.292. The Morgan fingerprint density at radius 2 is 1.47 bits per heavy atom. The average molecular weight is 506 g/mol. The number of hydrogen-bond acceptors (Lipinski definition) is 6. The van der Waals surface area contributed by atoms with Crippen molar-refractivity contribution < 1.29 is 19.1 Å². The first kappa shape index (κ1) is 24.8. The molecule has 0 bridgehead atoms. The van der Waals surface area contributed by atoms with Crippen molar-refractivity contribution in [3.8, 4) is 11.1 Å². The number of amides is 1. The molecule has 0 aromatic heterocycles. The number of rotatable bonds is 7. The zero-order valence-electron chi connectivity index (χ0n) is 21.1. The third-order valence-electron chi connectivity index (χ3n) is 6.50. The minimum absolute atomic E-state index is 0.297. The summed E-state index contributed by atoms with van der Waals surface area (Å²) in [4.78, 5) is 29.8. The van der Waals surface area contributed by atoms with Gasteiger partial charge in [0, 0.05) is 12.0 Å². The average Bonchev–Trinajstić information content (AvgIpc) is 3.29. The lowest BCUT2D eigenvalue weighted by Crippen LogP contribution is -2.34. The highest BCUT2D eigenvalue weighted by molar-refractivity contribution is 6.08. The summed E-state index contributed by atoms with van der Waals surface area (Å²) in [6, 6.07) is 33.1. The maximum atomic E-state index is 13.6. The van der Waals surface area contributed by atoms with Gasteiger partial charge in [0.15, 0.2) is 5.54 Å². The number of ether oxygens (including phenoxy) is 2. The lowest BCUT2D eigenvalue weighted by molar-refractivity contribution is -0.139. The van der Waals surface area contributed by atoms with Gasteiger partial charge in [-0.15, -0.1) is 0 Å². The number of aliphatic imine (C=N–C) groups is 1. The van der Waals surface area contributed by atoms with Crippen molar-refractivity contribution in [1.29, 1.82) is 0 Å². The summed E-state index contributed by atoms with van der Waals surface area (Å²) in [7, 11) is 1.28. The number of methoxy groups -OCH3 is 1. The van der Waals surface area contributed by atoms with Crippen LogP contribution in [0.25, 0.3) is 11.1 Å². The van der Waals surface area contributed by atoms with E-state index in [1.807, 2.05) is 73.7 Å². The highest BCUT2D eigenvalue weighted by Crippen LogP contribution is 2.38. The number of nitrogens with zero attached hydrogens (tertiary/aromatic N) is 1. The van der Waals surface area contributed by atoms with E-state index in [-0.39, 0.29) is 0 Å². The summed E-state index contributed by atoms with van der Waals surface area (Å²) in [5.41, 5.74) is 10.2. The van der Waals surface area contributed by atoms with Crippen molar-refractivity contribution in [3.05, 3.63) is 125 Å². The predicted octanol–water partition coefficient (Wildman–Crippen LogP) is 5.79. The van der Waals surface area contributed by atoms with E-state index >= 15 is 0 Å². The topological polar surface area (TPSA) is 89.0 Å². The number of benzene rings is 4. The molecule has 2 N–H and O–H groups in total. The molecule has 0 fully saturated rings. The van der Waals surface area contributed by atoms with Crippen molar-refractivity contribution >= 4 is 23.6 Å². The van der Waals surface area contributed by atoms with Crippen LogP contribution in [-0.4, -0.2) is 25.1 Å². The molecule has 1 amide bonds. The van der Waals surface area contributed by atoms with Gasteiger partial charge in [0.2, 0.25) is 5.90 Å². The van der Waals surface area contributed by atoms with Crippen molar-refractivity contribution in [2.24, 2.45) is 4.99 Å². The van der Waals surface area contributed by atoms with Crippen LogP contribution in [-0.2, 0) is 26.2 Å². The van der Waals surface area contributed by atoms with Crippen LogP contribution in [0.2, 0.25) is 0 Å². The van der Waals surface area contributed by atoms with Crippen LogP contribution in [0.15, 0.2) is 108 Å². The molecule has 38 heavy (non-hydrogen) atoms. The van der Waals surface area contributed by atoms with Crippen molar-refractivity contribution in [1.82, 2.24) is 5.43 Å². The lowest BCUT2D eigenvalue weighted by atomic mass is 9.84. The second kappa shape index (κ2) is 10.6. The zero-order valence-corrected chi connectivity index (χ0v) is 21.1. The van der Waals surface area contributed by atoms with Gasteiger partial charge in [-0.2, -0.15) is 0 Å². The van der Waals surface area contributed by atoms with E-state index in [0.29, 0.717) is 23.6 Å². The van der Waals surface area contributed by atoms with E-state index in [2.05, 4.69) is 39.9 Å². The van der Waals surface area contributed by atoms with Crippen molar-refractivity contribution in [2.75, 3.05) is 12.5 Å². The molecule has 1 atom stereocenters. The maximum Gasteiger partial charge on any atom is 0.425 e. The minimum atomic E-state index is -1.26. The van der Waals surface area contributed by atoms with E-state index in [4.69, 9.17) is 9.73 Å². The Morgan fingerprint density at radius 3 is 2.13 bits per heavy atom. The third kappa shape index (κ3) is 5.13. The van der Waals surface area contributed by atoms with E-state index in [1.54, 1.807) is 12.1 Å². The number of hydrazine groups is 1. The fourth-order valence-corrected chi connectivity index (χ4v) is 4.37. The lowest BCUT2D eigenvalue weighted by Gasteiger charge is -2.23. The molecular formula is C31H27N3O4. The van der Waals surface area contributed by atoms with Crippen molar-refractivity contribution in [3.63, 3.8) is 0 Å². The zero-order chi connectivity index (χ0) is 26.5. The molecule has 0 aliphatic carbocycles. The molecule has 0 unspecified atom stereocenters. The Kier molecular flexibility index (Phi) is 6.91. The first-order valence-corrected chi connectivity index (χ1v) is 12.2. The Balaban J connectivity index is 1.49. The Morgan fingerprint density at radius 1 is 0.842 bits per heavy atom. The second-order valence-electron chi connectivity index (χ2n) is 9.09. The minimum Gasteiger partial charge on any atom is -0.452 e. The molecule has 7 heteroatoms. The molecule has 0 radical (unpaired) electrons. The van der Waals surface area contributed by atoms with Gasteiger partial charge in [0.05, 0.1) is 12.8 Å². The maximum absolute atomic E-state index is 13.6. The van der Waals surface area contributed by atoms with E-state index < -0.39 is 17.6 Å². The number of hydrogen-bond donors (Lipinski definition) is 2. The number of anilines is 1. The molecule has 1 aliphatic heterocycles. The molecule has 4 aromatic carbocycles. The van der Waals surface area contributed by atoms with Gasteiger partial charge >= 0.3 is 12.1 Å². The number of esters is 1. The first-order valence-electron chi connectivity index (χ1n) is 12.2. The number of nitrogens with one attached hydrogen (secondary N) is 2. The highest BCUT2D eigenvalue weighted by atomic mass is 16.6. The molecule has 5 rings (SSSR count). The number of carbonyl (C=O) groups is 2. The molecule has 7 nitrogen and oxygen atoms in total. The van der Waals surface area contributed by atoms with Crippen LogP contribution in [0.3, 0.4) is 0 Å². The van der Waals surface area contributed by atoms with Gasteiger partial charge in [-0.05, 0) is 53.4 Å². The van der Waals surface area contributed by atoms with Gasteiger partial charge < -0.3 is 9.47 Å². The van der Waals surface area contributed by atoms with Gasteiger partial charge in [0.25, 0.3) is 0 Å². The molecular weight excluding hydrogens is 478 g/mol. The highest BCUT2D eigenvalue weighted by Gasteiger charge is 2.48. The van der Waals surface area contributed by atoms with Gasteiger partial charge in [-0.25, -0.2) is 20.0 Å². The first-order chi connectivity index (χ1) is 18.5. The largest absolute Gasteiger partial charge is 0.452 e. The third-order valence-corrected chi connectivity index (χ3v) is 6.50. The number of aryl methyl sites for hydroxylation is 1. The number of carbonyl (C=O) groups excluding carboxylic acids is 2. The van der Waals surface area contributed by atoms with E-state index in [9.17, 15) is 9.59 Å². The fraction of sp³-hybridized carbons (Fsp3) is 0.129. The number of cyclic esters (lactones) is 1. The molecule has 0 saturated heterocycles. The standard InChI is InChI=1S/C31H27N3O4/c1-21-8-12-25(13-9-21)28-32-31(29(35)38-28,26-16-18-27(19-17-26)33-34-30(36)37-2)20-22-10-14-24(15-11-22)23-6-4-3-5-7-23/h3-19,33H,20H2,1-2H3,(H,34,36)/t31-/m1/s1. The van der Waals surface area contributed by atoms with E-state index in [1.165, 1.54) is 7.11 Å². The van der Waals surface area contributed by atoms with Crippen LogP contribution >= 0.6 is 0 Å². The SMILES string of the molecule is COC(=O)NNc1ccc([C@@]2(Cc3ccc(-c4ccccc4)cc3)N=C(c3ccc(C)cc3)OC2=O)cc1. The van der Waals surface area contributed by atoms with Crippen LogP contribution in [0.4, 0.5) is 10.5 Å². The monoisotopic (exact) mass is 505 g/mol. The summed E-state index contributed by atoms with van der Waals surface area (Å²) >= 11 is 0. The Hall–Kier alpha value is -4.91. The Labute approximate surface area is 221 Å². The molecule has 190 valence electrons. The van der Waals surface area contributed by atoms with Crippen LogP contribution in [0.1, 0.15) is 22.3 Å². The summed E-state index contributed by atoms with van der Waals surface area (Å²) in [5, 5.41) is 0. The van der Waals surface area contributed by atoms with Crippen molar-refractivity contribution in [2.45, 2.75) is 18.9 Å². The van der Waals surface area contributed by atoms with Crippen LogP contribution < -0.4 is 10.9 Å². The van der Waals surface area contributed by atoms with Crippen LogP contribution in [0, 0.1) is 6.92 Å².